The molecule has 1 saturated heterocycles. The highest BCUT2D eigenvalue weighted by atomic mass is 35.5. The fraction of sp³-hybridized carbons (Fsp3) is 0.353. The van der Waals surface area contributed by atoms with Crippen LogP contribution in [0.4, 0.5) is 4.39 Å². The summed E-state index contributed by atoms with van der Waals surface area (Å²) in [4.78, 5) is 8.68. The van der Waals surface area contributed by atoms with Crippen LogP contribution in [0.1, 0.15) is 11.1 Å². The zero-order valence-corrected chi connectivity index (χ0v) is 13.1. The topological polar surface area (TPSA) is 19.4 Å². The lowest BCUT2D eigenvalue weighted by Crippen LogP contribution is -2.45. The fourth-order valence-corrected chi connectivity index (χ4v) is 2.88. The maximum Gasteiger partial charge on any atom is 0.141 e. The van der Waals surface area contributed by atoms with E-state index < -0.39 is 0 Å². The zero-order chi connectivity index (χ0) is 15.4. The normalized spacial score (nSPS) is 16.8. The molecule has 1 aromatic carbocycles. The second kappa shape index (κ2) is 7.18. The van der Waals surface area contributed by atoms with E-state index in [0.29, 0.717) is 0 Å². The van der Waals surface area contributed by atoms with Crippen LogP contribution >= 0.6 is 11.6 Å². The average Bonchev–Trinajstić information content (AvgIpc) is 2.52. The maximum atomic E-state index is 13.2. The molecule has 5 heteroatoms. The van der Waals surface area contributed by atoms with Crippen molar-refractivity contribution < 1.29 is 4.39 Å². The van der Waals surface area contributed by atoms with Gasteiger partial charge in [-0.05, 0) is 29.3 Å². The molecule has 1 fully saturated rings. The summed E-state index contributed by atoms with van der Waals surface area (Å²) in [5, 5.41) is 0.775. The van der Waals surface area contributed by atoms with E-state index in [1.54, 1.807) is 12.3 Å². The molecule has 3 rings (SSSR count). The zero-order valence-electron chi connectivity index (χ0n) is 12.4. The molecule has 2 heterocycles. The molecule has 0 radical (unpaired) electrons. The lowest BCUT2D eigenvalue weighted by atomic mass is 10.2. The molecule has 0 amide bonds. The summed E-state index contributed by atoms with van der Waals surface area (Å²) in [5.41, 5.74) is 2.22. The van der Waals surface area contributed by atoms with Gasteiger partial charge in [0.05, 0.1) is 6.20 Å². The van der Waals surface area contributed by atoms with Crippen molar-refractivity contribution in [2.24, 2.45) is 0 Å². The number of halogens is 2. The molecule has 22 heavy (non-hydrogen) atoms. The highest BCUT2D eigenvalue weighted by molar-refractivity contribution is 6.30. The third-order valence-electron chi connectivity index (χ3n) is 3.95. The monoisotopic (exact) mass is 319 g/mol. The van der Waals surface area contributed by atoms with Crippen molar-refractivity contribution in [3.05, 3.63) is 64.7 Å². The van der Waals surface area contributed by atoms with E-state index in [1.807, 2.05) is 12.1 Å². The molecule has 1 aromatic heterocycles. The largest absolute Gasteiger partial charge is 0.297 e. The van der Waals surface area contributed by atoms with E-state index in [-0.39, 0.29) is 5.82 Å². The summed E-state index contributed by atoms with van der Waals surface area (Å²) in [6.45, 7) is 5.73. The van der Waals surface area contributed by atoms with Crippen molar-refractivity contribution in [3.63, 3.8) is 0 Å². The highest BCUT2D eigenvalue weighted by Crippen LogP contribution is 2.14. The molecule has 3 nitrogen and oxygen atoms in total. The summed E-state index contributed by atoms with van der Waals surface area (Å²) in [6.07, 6.45) is 2.98. The first-order valence-corrected chi connectivity index (χ1v) is 7.85. The van der Waals surface area contributed by atoms with Gasteiger partial charge >= 0.3 is 0 Å². The SMILES string of the molecule is Fc1cncc(CN2CCN(Cc3ccc(Cl)cc3)CC2)c1. The summed E-state index contributed by atoms with van der Waals surface area (Å²) in [7, 11) is 0. The second-order valence-corrected chi connectivity index (χ2v) is 6.13. The Morgan fingerprint density at radius 3 is 2.09 bits per heavy atom. The van der Waals surface area contributed by atoms with Gasteiger partial charge in [0.25, 0.3) is 0 Å². The first kappa shape index (κ1) is 15.4. The molecule has 2 aromatic rings. The molecule has 1 aliphatic rings. The lowest BCUT2D eigenvalue weighted by molar-refractivity contribution is 0.122. The molecule has 0 bridgehead atoms. The van der Waals surface area contributed by atoms with Gasteiger partial charge in [0.1, 0.15) is 5.82 Å². The molecule has 0 N–H and O–H groups in total. The predicted octanol–water partition coefficient (Wildman–Crippen LogP) is 3.19. The number of hydrogen-bond donors (Lipinski definition) is 0. The minimum absolute atomic E-state index is 0.265. The maximum absolute atomic E-state index is 13.2. The smallest absolute Gasteiger partial charge is 0.141 e. The Morgan fingerprint density at radius 1 is 0.909 bits per heavy atom. The summed E-state index contributed by atoms with van der Waals surface area (Å²) in [5.74, 6) is -0.265. The number of piperazine rings is 1. The molecular formula is C17H19ClFN3. The van der Waals surface area contributed by atoms with Crippen LogP contribution in [0.5, 0.6) is 0 Å². The van der Waals surface area contributed by atoms with Crippen molar-refractivity contribution >= 4 is 11.6 Å². The van der Waals surface area contributed by atoms with Gasteiger partial charge in [-0.15, -0.1) is 0 Å². The van der Waals surface area contributed by atoms with Crippen LogP contribution in [0.15, 0.2) is 42.7 Å². The van der Waals surface area contributed by atoms with Gasteiger partial charge in [-0.25, -0.2) is 4.39 Å². The number of hydrogen-bond acceptors (Lipinski definition) is 3. The van der Waals surface area contributed by atoms with Crippen LogP contribution in [0.25, 0.3) is 0 Å². The third kappa shape index (κ3) is 4.26. The van der Waals surface area contributed by atoms with Crippen LogP contribution in [0, 0.1) is 5.82 Å². The number of pyridine rings is 1. The van der Waals surface area contributed by atoms with Crippen molar-refractivity contribution in [1.29, 1.82) is 0 Å². The second-order valence-electron chi connectivity index (χ2n) is 5.69. The molecule has 0 spiro atoms. The summed E-state index contributed by atoms with van der Waals surface area (Å²) < 4.78 is 13.2. The van der Waals surface area contributed by atoms with Crippen LogP contribution in [-0.4, -0.2) is 41.0 Å². The Bertz CT molecular complexity index is 610. The first-order chi connectivity index (χ1) is 10.7. The van der Waals surface area contributed by atoms with Crippen molar-refractivity contribution in [3.8, 4) is 0 Å². The van der Waals surface area contributed by atoms with Gasteiger partial charge in [0.2, 0.25) is 0 Å². The van der Waals surface area contributed by atoms with Crippen LogP contribution in [-0.2, 0) is 13.1 Å². The van der Waals surface area contributed by atoms with Gasteiger partial charge in [0.15, 0.2) is 0 Å². The van der Waals surface area contributed by atoms with Gasteiger partial charge < -0.3 is 0 Å². The van der Waals surface area contributed by atoms with E-state index in [4.69, 9.17) is 11.6 Å². The van der Waals surface area contributed by atoms with Crippen LogP contribution in [0.2, 0.25) is 5.02 Å². The quantitative estimate of drug-likeness (QED) is 0.863. The van der Waals surface area contributed by atoms with Crippen molar-refractivity contribution in [2.75, 3.05) is 26.2 Å². The minimum atomic E-state index is -0.265. The lowest BCUT2D eigenvalue weighted by Gasteiger charge is -2.34. The van der Waals surface area contributed by atoms with Crippen LogP contribution < -0.4 is 0 Å². The number of rotatable bonds is 4. The minimum Gasteiger partial charge on any atom is -0.297 e. The standard InChI is InChI=1S/C17H19ClFN3/c18-16-3-1-14(2-4-16)12-21-5-7-22(8-6-21)13-15-9-17(19)11-20-10-15/h1-4,9-11H,5-8,12-13H2. The molecule has 1 aliphatic heterocycles. The van der Waals surface area contributed by atoms with Crippen molar-refractivity contribution in [2.45, 2.75) is 13.1 Å². The van der Waals surface area contributed by atoms with E-state index in [9.17, 15) is 4.39 Å². The Hall–Kier alpha value is -1.49. The Balaban J connectivity index is 1.49. The third-order valence-corrected chi connectivity index (χ3v) is 4.20. The molecule has 0 aliphatic carbocycles. The van der Waals surface area contributed by atoms with E-state index >= 15 is 0 Å². The molecule has 116 valence electrons. The molecular weight excluding hydrogens is 301 g/mol. The summed E-state index contributed by atoms with van der Waals surface area (Å²) >= 11 is 5.91. The molecule has 0 atom stereocenters. The number of benzene rings is 1. The van der Waals surface area contributed by atoms with Gasteiger partial charge in [0, 0.05) is 50.5 Å². The van der Waals surface area contributed by atoms with Gasteiger partial charge in [-0.1, -0.05) is 23.7 Å². The van der Waals surface area contributed by atoms with Crippen LogP contribution in [0.3, 0.4) is 0 Å². The Morgan fingerprint density at radius 2 is 1.50 bits per heavy atom. The van der Waals surface area contributed by atoms with Gasteiger partial charge in [-0.2, -0.15) is 0 Å². The molecule has 0 unspecified atom stereocenters. The van der Waals surface area contributed by atoms with E-state index in [2.05, 4.69) is 26.9 Å². The van der Waals surface area contributed by atoms with E-state index in [1.165, 1.54) is 11.8 Å². The summed E-state index contributed by atoms with van der Waals surface area (Å²) in [6, 6.07) is 9.58. The molecule has 0 saturated carbocycles. The Labute approximate surface area is 135 Å². The first-order valence-electron chi connectivity index (χ1n) is 7.47. The van der Waals surface area contributed by atoms with Gasteiger partial charge in [-0.3, -0.25) is 14.8 Å². The average molecular weight is 320 g/mol. The highest BCUT2D eigenvalue weighted by Gasteiger charge is 2.17. The fourth-order valence-electron chi connectivity index (χ4n) is 2.75. The Kier molecular flexibility index (Phi) is 5.03. The number of aromatic nitrogens is 1. The predicted molar refractivity (Wildman–Crippen MR) is 86.2 cm³/mol. The van der Waals surface area contributed by atoms with E-state index in [0.717, 1.165) is 49.9 Å². The number of nitrogens with zero attached hydrogens (tertiary/aromatic N) is 3. The van der Waals surface area contributed by atoms with Crippen molar-refractivity contribution in [1.82, 2.24) is 14.8 Å².